The van der Waals surface area contributed by atoms with Gasteiger partial charge in [0.25, 0.3) is 0 Å². The first kappa shape index (κ1) is 17.1. The Labute approximate surface area is 136 Å². The highest BCUT2D eigenvalue weighted by molar-refractivity contribution is 5.94. The number of hydrogen-bond donors (Lipinski definition) is 1. The molecule has 0 aliphatic carbocycles. The molecule has 0 saturated carbocycles. The number of nitrogens with zero attached hydrogens (tertiary/aromatic N) is 1. The zero-order valence-electron chi connectivity index (χ0n) is 13.7. The third kappa shape index (κ3) is 4.61. The molecule has 6 heteroatoms. The predicted molar refractivity (Wildman–Crippen MR) is 87.6 cm³/mol. The van der Waals surface area contributed by atoms with Gasteiger partial charge in [0.2, 0.25) is 5.91 Å². The minimum absolute atomic E-state index is 0.0915. The number of carbonyl (C=O) groups excluding carboxylic acids is 2. The maximum Gasteiger partial charge on any atom is 0.409 e. The molecular weight excluding hydrogens is 296 g/mol. The van der Waals surface area contributed by atoms with Crippen LogP contribution in [0.15, 0.2) is 24.3 Å². The van der Waals surface area contributed by atoms with Crippen LogP contribution in [0, 0.1) is 5.92 Å². The van der Waals surface area contributed by atoms with Gasteiger partial charge in [-0.3, -0.25) is 4.79 Å². The number of hydrogen-bond acceptors (Lipinski definition) is 4. The summed E-state index contributed by atoms with van der Waals surface area (Å²) in [5.74, 6) is 0.329. The van der Waals surface area contributed by atoms with E-state index in [1.807, 2.05) is 31.2 Å². The first-order valence-electron chi connectivity index (χ1n) is 8.10. The number of anilines is 1. The molecule has 1 aliphatic rings. The highest BCUT2D eigenvalue weighted by Gasteiger charge is 2.29. The molecule has 126 valence electrons. The molecule has 0 radical (unpaired) electrons. The highest BCUT2D eigenvalue weighted by Crippen LogP contribution is 2.26. The molecule has 1 saturated heterocycles. The molecule has 1 aromatic carbocycles. The SMILES string of the molecule is CCOC(=O)N1CCCC(C(=O)Nc2ccccc2OCC)C1. The fourth-order valence-corrected chi connectivity index (χ4v) is 2.66. The van der Waals surface area contributed by atoms with Gasteiger partial charge in [-0.1, -0.05) is 12.1 Å². The second-order valence-corrected chi connectivity index (χ2v) is 5.40. The molecule has 1 unspecified atom stereocenters. The Morgan fingerprint density at radius 1 is 1.26 bits per heavy atom. The Kier molecular flexibility index (Phi) is 6.26. The van der Waals surface area contributed by atoms with Crippen molar-refractivity contribution in [2.75, 3.05) is 31.6 Å². The number of nitrogens with one attached hydrogen (secondary N) is 1. The monoisotopic (exact) mass is 320 g/mol. The van der Waals surface area contributed by atoms with Gasteiger partial charge in [-0.25, -0.2) is 4.79 Å². The maximum atomic E-state index is 12.5. The topological polar surface area (TPSA) is 67.9 Å². The smallest absolute Gasteiger partial charge is 0.409 e. The zero-order valence-corrected chi connectivity index (χ0v) is 13.7. The van der Waals surface area contributed by atoms with Gasteiger partial charge in [0.15, 0.2) is 0 Å². The minimum Gasteiger partial charge on any atom is -0.492 e. The van der Waals surface area contributed by atoms with Gasteiger partial charge < -0.3 is 19.7 Å². The Hall–Kier alpha value is -2.24. The van der Waals surface area contributed by atoms with Crippen molar-refractivity contribution in [1.29, 1.82) is 0 Å². The Morgan fingerprint density at radius 2 is 2.04 bits per heavy atom. The van der Waals surface area contributed by atoms with Gasteiger partial charge >= 0.3 is 6.09 Å². The van der Waals surface area contributed by atoms with Crippen molar-refractivity contribution in [2.45, 2.75) is 26.7 Å². The summed E-state index contributed by atoms with van der Waals surface area (Å²) < 4.78 is 10.5. The molecular formula is C17H24N2O4. The van der Waals surface area contributed by atoms with Crippen LogP contribution in [0.4, 0.5) is 10.5 Å². The van der Waals surface area contributed by atoms with Crippen LogP contribution < -0.4 is 10.1 Å². The van der Waals surface area contributed by atoms with Gasteiger partial charge in [-0.15, -0.1) is 0 Å². The van der Waals surface area contributed by atoms with E-state index < -0.39 is 0 Å². The van der Waals surface area contributed by atoms with Crippen LogP contribution in [0.2, 0.25) is 0 Å². The van der Waals surface area contributed by atoms with E-state index in [2.05, 4.69) is 5.32 Å². The second kappa shape index (κ2) is 8.41. The van der Waals surface area contributed by atoms with Gasteiger partial charge in [-0.05, 0) is 38.8 Å². The average Bonchev–Trinajstić information content (AvgIpc) is 2.57. The Balaban J connectivity index is 1.99. The summed E-state index contributed by atoms with van der Waals surface area (Å²) in [5, 5.41) is 2.91. The Morgan fingerprint density at radius 3 is 2.78 bits per heavy atom. The summed E-state index contributed by atoms with van der Waals surface area (Å²) in [6.45, 7) is 5.58. The van der Waals surface area contributed by atoms with Crippen molar-refractivity contribution in [3.05, 3.63) is 24.3 Å². The molecule has 1 N–H and O–H groups in total. The molecule has 2 rings (SSSR count). The lowest BCUT2D eigenvalue weighted by atomic mass is 9.97. The quantitative estimate of drug-likeness (QED) is 0.906. The van der Waals surface area contributed by atoms with E-state index in [-0.39, 0.29) is 17.9 Å². The lowest BCUT2D eigenvalue weighted by molar-refractivity contribution is -0.121. The molecule has 1 fully saturated rings. The molecule has 6 nitrogen and oxygen atoms in total. The van der Waals surface area contributed by atoms with E-state index >= 15 is 0 Å². The van der Waals surface area contributed by atoms with Gasteiger partial charge in [0.1, 0.15) is 5.75 Å². The molecule has 0 aromatic heterocycles. The second-order valence-electron chi connectivity index (χ2n) is 5.40. The van der Waals surface area contributed by atoms with Crippen LogP contribution in [-0.4, -0.2) is 43.2 Å². The number of piperidine rings is 1. The van der Waals surface area contributed by atoms with Gasteiger partial charge in [-0.2, -0.15) is 0 Å². The number of carbonyl (C=O) groups is 2. The lowest BCUT2D eigenvalue weighted by Gasteiger charge is -2.31. The summed E-state index contributed by atoms with van der Waals surface area (Å²) in [6, 6.07) is 7.35. The fraction of sp³-hybridized carbons (Fsp3) is 0.529. The van der Waals surface area contributed by atoms with Crippen molar-refractivity contribution in [3.8, 4) is 5.75 Å². The maximum absolute atomic E-state index is 12.5. The number of amides is 2. The third-order valence-electron chi connectivity index (χ3n) is 3.76. The van der Waals surface area contributed by atoms with Crippen molar-refractivity contribution in [1.82, 2.24) is 4.90 Å². The van der Waals surface area contributed by atoms with Crippen LogP contribution in [-0.2, 0) is 9.53 Å². The lowest BCUT2D eigenvalue weighted by Crippen LogP contribution is -2.44. The summed E-state index contributed by atoms with van der Waals surface area (Å²) in [4.78, 5) is 25.9. The molecule has 1 aliphatic heterocycles. The van der Waals surface area contributed by atoms with Crippen molar-refractivity contribution in [3.63, 3.8) is 0 Å². The highest BCUT2D eigenvalue weighted by atomic mass is 16.6. The minimum atomic E-state index is -0.347. The third-order valence-corrected chi connectivity index (χ3v) is 3.76. The molecule has 0 bridgehead atoms. The van der Waals surface area contributed by atoms with Crippen LogP contribution in [0.25, 0.3) is 0 Å². The first-order valence-corrected chi connectivity index (χ1v) is 8.10. The molecule has 1 aromatic rings. The summed E-state index contributed by atoms with van der Waals surface area (Å²) >= 11 is 0. The van der Waals surface area contributed by atoms with Crippen LogP contribution in [0.1, 0.15) is 26.7 Å². The van der Waals surface area contributed by atoms with Gasteiger partial charge in [0, 0.05) is 13.1 Å². The van der Waals surface area contributed by atoms with Crippen LogP contribution in [0.5, 0.6) is 5.75 Å². The number of para-hydroxylation sites is 2. The van der Waals surface area contributed by atoms with Crippen LogP contribution in [0.3, 0.4) is 0 Å². The largest absolute Gasteiger partial charge is 0.492 e. The average molecular weight is 320 g/mol. The molecule has 1 heterocycles. The standard InChI is InChI=1S/C17H24N2O4/c1-3-22-15-10-6-5-9-14(15)18-16(20)13-8-7-11-19(12-13)17(21)23-4-2/h5-6,9-10,13H,3-4,7-8,11-12H2,1-2H3,(H,18,20). The van der Waals surface area contributed by atoms with E-state index in [0.29, 0.717) is 37.7 Å². The van der Waals surface area contributed by atoms with Gasteiger partial charge in [0.05, 0.1) is 24.8 Å². The normalized spacial score (nSPS) is 17.5. The predicted octanol–water partition coefficient (Wildman–Crippen LogP) is 2.89. The molecule has 0 spiro atoms. The molecule has 23 heavy (non-hydrogen) atoms. The number of ether oxygens (including phenoxy) is 2. The molecule has 2 amide bonds. The van der Waals surface area contributed by atoms with E-state index in [1.54, 1.807) is 11.8 Å². The number of rotatable bonds is 5. The van der Waals surface area contributed by atoms with E-state index in [0.717, 1.165) is 12.8 Å². The summed E-state index contributed by atoms with van der Waals surface area (Å²) in [5.41, 5.74) is 0.660. The van der Waals surface area contributed by atoms with E-state index in [1.165, 1.54) is 0 Å². The number of likely N-dealkylation sites (tertiary alicyclic amines) is 1. The van der Waals surface area contributed by atoms with Crippen molar-refractivity contribution >= 4 is 17.7 Å². The molecule has 1 atom stereocenters. The summed E-state index contributed by atoms with van der Waals surface area (Å²) in [7, 11) is 0. The zero-order chi connectivity index (χ0) is 16.7. The van der Waals surface area contributed by atoms with E-state index in [4.69, 9.17) is 9.47 Å². The first-order chi connectivity index (χ1) is 11.2. The Bertz CT molecular complexity index is 547. The van der Waals surface area contributed by atoms with Crippen molar-refractivity contribution < 1.29 is 19.1 Å². The van der Waals surface area contributed by atoms with Crippen molar-refractivity contribution in [2.24, 2.45) is 5.92 Å². The van der Waals surface area contributed by atoms with Crippen LogP contribution >= 0.6 is 0 Å². The fourth-order valence-electron chi connectivity index (χ4n) is 2.66. The van der Waals surface area contributed by atoms with E-state index in [9.17, 15) is 9.59 Å². The summed E-state index contributed by atoms with van der Waals surface area (Å²) in [6.07, 6.45) is 1.21. The number of benzene rings is 1.